The fraction of sp³-hybridized carbons (Fsp3) is 0.312. The van der Waals surface area contributed by atoms with Gasteiger partial charge in [0, 0.05) is 32.0 Å². The Bertz CT molecular complexity index is 698. The summed E-state index contributed by atoms with van der Waals surface area (Å²) >= 11 is 0. The quantitative estimate of drug-likeness (QED) is 0.878. The zero-order chi connectivity index (χ0) is 16.2. The van der Waals surface area contributed by atoms with Crippen molar-refractivity contribution in [2.45, 2.75) is 13.0 Å². The van der Waals surface area contributed by atoms with Crippen LogP contribution in [0.15, 0.2) is 42.7 Å². The Morgan fingerprint density at radius 1 is 1.30 bits per heavy atom. The van der Waals surface area contributed by atoms with Gasteiger partial charge in [-0.25, -0.2) is 9.48 Å². The van der Waals surface area contributed by atoms with Crippen LogP contribution in [0.5, 0.6) is 0 Å². The van der Waals surface area contributed by atoms with Gasteiger partial charge >= 0.3 is 6.03 Å². The number of hydrogen-bond donors (Lipinski definition) is 2. The average molecular weight is 313 g/mol. The summed E-state index contributed by atoms with van der Waals surface area (Å²) < 4.78 is 1.76. The van der Waals surface area contributed by atoms with E-state index >= 15 is 0 Å². The van der Waals surface area contributed by atoms with Crippen LogP contribution in [0.3, 0.4) is 0 Å². The lowest BCUT2D eigenvalue weighted by Gasteiger charge is -2.18. The largest absolute Gasteiger partial charge is 0.369 e. The maximum Gasteiger partial charge on any atom is 0.317 e. The van der Waals surface area contributed by atoms with E-state index in [0.717, 1.165) is 11.3 Å². The van der Waals surface area contributed by atoms with E-state index < -0.39 is 0 Å². The minimum atomic E-state index is -0.343. The third-order valence-electron chi connectivity index (χ3n) is 4.05. The van der Waals surface area contributed by atoms with Crippen LogP contribution in [-0.4, -0.2) is 39.7 Å². The molecule has 7 heteroatoms. The minimum Gasteiger partial charge on any atom is -0.369 e. The molecule has 3 N–H and O–H groups in total. The highest BCUT2D eigenvalue weighted by Crippen LogP contribution is 2.16. The second kappa shape index (κ2) is 6.51. The van der Waals surface area contributed by atoms with Gasteiger partial charge in [0.25, 0.3) is 0 Å². The van der Waals surface area contributed by atoms with E-state index in [-0.39, 0.29) is 17.9 Å². The Hall–Kier alpha value is -2.83. The molecular weight excluding hydrogens is 294 g/mol. The second-order valence-corrected chi connectivity index (χ2v) is 5.57. The van der Waals surface area contributed by atoms with Gasteiger partial charge in [-0.1, -0.05) is 18.2 Å². The van der Waals surface area contributed by atoms with Crippen LogP contribution in [0.2, 0.25) is 0 Å². The molecule has 0 radical (unpaired) electrons. The number of para-hydroxylation sites is 1. The molecule has 1 aliphatic heterocycles. The summed E-state index contributed by atoms with van der Waals surface area (Å²) in [4.78, 5) is 25.0. The summed E-state index contributed by atoms with van der Waals surface area (Å²) in [7, 11) is 0. The van der Waals surface area contributed by atoms with Crippen molar-refractivity contribution in [2.24, 2.45) is 11.7 Å². The summed E-state index contributed by atoms with van der Waals surface area (Å²) in [5.74, 6) is -0.582. The Labute approximate surface area is 134 Å². The lowest BCUT2D eigenvalue weighted by atomic mass is 10.1. The van der Waals surface area contributed by atoms with Gasteiger partial charge in [0.2, 0.25) is 5.91 Å². The molecule has 7 nitrogen and oxygen atoms in total. The Balaban J connectivity index is 1.63. The summed E-state index contributed by atoms with van der Waals surface area (Å²) in [6, 6.07) is 9.43. The first-order valence-corrected chi connectivity index (χ1v) is 7.55. The molecule has 1 atom stereocenters. The fourth-order valence-corrected chi connectivity index (χ4v) is 2.75. The van der Waals surface area contributed by atoms with Crippen LogP contribution in [0.4, 0.5) is 4.79 Å². The number of carbonyl (C=O) groups is 2. The number of carbonyl (C=O) groups excluding carboxylic acids is 2. The number of urea groups is 1. The maximum absolute atomic E-state index is 12.2. The number of likely N-dealkylation sites (tertiary alicyclic amines) is 1. The van der Waals surface area contributed by atoms with Gasteiger partial charge < -0.3 is 16.0 Å². The number of benzene rings is 1. The monoisotopic (exact) mass is 313 g/mol. The van der Waals surface area contributed by atoms with E-state index in [1.54, 1.807) is 15.8 Å². The van der Waals surface area contributed by atoms with Crippen LogP contribution < -0.4 is 11.1 Å². The van der Waals surface area contributed by atoms with Crippen molar-refractivity contribution in [3.63, 3.8) is 0 Å². The van der Waals surface area contributed by atoms with Crippen molar-refractivity contribution in [3.8, 4) is 5.69 Å². The molecule has 0 bridgehead atoms. The predicted octanol–water partition coefficient (Wildman–Crippen LogP) is 0.889. The SMILES string of the molecule is NC(=O)[C@@H]1CCN(C(=O)NCc2ccccc2-n2cccn2)C1. The molecule has 1 aromatic heterocycles. The van der Waals surface area contributed by atoms with E-state index in [1.807, 2.05) is 36.5 Å². The van der Waals surface area contributed by atoms with E-state index in [4.69, 9.17) is 5.73 Å². The fourth-order valence-electron chi connectivity index (χ4n) is 2.75. The van der Waals surface area contributed by atoms with Crippen LogP contribution in [0.1, 0.15) is 12.0 Å². The number of primary amides is 1. The van der Waals surface area contributed by atoms with Crippen LogP contribution in [-0.2, 0) is 11.3 Å². The van der Waals surface area contributed by atoms with Crippen molar-refractivity contribution in [3.05, 3.63) is 48.3 Å². The molecule has 2 aromatic rings. The first-order chi connectivity index (χ1) is 11.1. The molecule has 3 amide bonds. The second-order valence-electron chi connectivity index (χ2n) is 5.57. The molecule has 1 aliphatic rings. The minimum absolute atomic E-state index is 0.177. The first-order valence-electron chi connectivity index (χ1n) is 7.55. The van der Waals surface area contributed by atoms with Crippen molar-refractivity contribution in [2.75, 3.05) is 13.1 Å². The highest BCUT2D eigenvalue weighted by Gasteiger charge is 2.29. The predicted molar refractivity (Wildman–Crippen MR) is 84.7 cm³/mol. The Kier molecular flexibility index (Phi) is 4.27. The molecule has 1 fully saturated rings. The lowest BCUT2D eigenvalue weighted by molar-refractivity contribution is -0.121. The zero-order valence-corrected chi connectivity index (χ0v) is 12.7. The van der Waals surface area contributed by atoms with Crippen LogP contribution in [0, 0.1) is 5.92 Å². The smallest absolute Gasteiger partial charge is 0.317 e. The standard InChI is InChI=1S/C16H19N5O2/c17-15(22)13-6-9-20(11-13)16(23)18-10-12-4-1-2-5-14(12)21-8-3-7-19-21/h1-5,7-8,13H,6,9-11H2,(H2,17,22)(H,18,23)/t13-/m1/s1. The summed E-state index contributed by atoms with van der Waals surface area (Å²) in [6.07, 6.45) is 4.20. The molecule has 120 valence electrons. The van der Waals surface area contributed by atoms with Crippen molar-refractivity contribution in [1.82, 2.24) is 20.0 Å². The third-order valence-corrected chi connectivity index (χ3v) is 4.05. The molecule has 0 saturated carbocycles. The van der Waals surface area contributed by atoms with Crippen LogP contribution >= 0.6 is 0 Å². The number of nitrogens with zero attached hydrogens (tertiary/aromatic N) is 3. The van der Waals surface area contributed by atoms with Gasteiger partial charge in [-0.15, -0.1) is 0 Å². The molecule has 1 saturated heterocycles. The van der Waals surface area contributed by atoms with E-state index in [0.29, 0.717) is 26.1 Å². The molecule has 1 aromatic carbocycles. The van der Waals surface area contributed by atoms with Gasteiger partial charge in [-0.2, -0.15) is 5.10 Å². The maximum atomic E-state index is 12.2. The highest BCUT2D eigenvalue weighted by atomic mass is 16.2. The number of nitrogens with one attached hydrogen (secondary N) is 1. The van der Waals surface area contributed by atoms with Gasteiger partial charge in [0.05, 0.1) is 11.6 Å². The van der Waals surface area contributed by atoms with Gasteiger partial charge in [-0.3, -0.25) is 4.79 Å². The van der Waals surface area contributed by atoms with Gasteiger partial charge in [0.15, 0.2) is 0 Å². The van der Waals surface area contributed by atoms with Crippen LogP contribution in [0.25, 0.3) is 5.69 Å². The van der Waals surface area contributed by atoms with Crippen molar-refractivity contribution < 1.29 is 9.59 Å². The highest BCUT2D eigenvalue weighted by molar-refractivity contribution is 5.80. The average Bonchev–Trinajstić information content (AvgIpc) is 3.24. The topological polar surface area (TPSA) is 93.3 Å². The van der Waals surface area contributed by atoms with E-state index in [2.05, 4.69) is 10.4 Å². The molecule has 2 heterocycles. The number of aromatic nitrogens is 2. The summed E-state index contributed by atoms with van der Waals surface area (Å²) in [5, 5.41) is 7.12. The molecule has 0 aliphatic carbocycles. The number of amides is 3. The summed E-state index contributed by atoms with van der Waals surface area (Å²) in [6.45, 7) is 1.34. The lowest BCUT2D eigenvalue weighted by Crippen LogP contribution is -2.39. The molecule has 0 unspecified atom stereocenters. The van der Waals surface area contributed by atoms with E-state index in [9.17, 15) is 9.59 Å². The Morgan fingerprint density at radius 3 is 2.83 bits per heavy atom. The first kappa shape index (κ1) is 15.1. The number of rotatable bonds is 4. The molecule has 23 heavy (non-hydrogen) atoms. The Morgan fingerprint density at radius 2 is 2.13 bits per heavy atom. The summed E-state index contributed by atoms with van der Waals surface area (Å²) in [5.41, 5.74) is 7.19. The van der Waals surface area contributed by atoms with Crippen molar-refractivity contribution >= 4 is 11.9 Å². The number of hydrogen-bond acceptors (Lipinski definition) is 3. The van der Waals surface area contributed by atoms with Crippen molar-refractivity contribution in [1.29, 1.82) is 0 Å². The van der Waals surface area contributed by atoms with Gasteiger partial charge in [-0.05, 0) is 24.1 Å². The normalized spacial score (nSPS) is 17.2. The molecule has 0 spiro atoms. The number of nitrogens with two attached hydrogens (primary N) is 1. The van der Waals surface area contributed by atoms with E-state index in [1.165, 1.54) is 0 Å². The molecule has 3 rings (SSSR count). The zero-order valence-electron chi connectivity index (χ0n) is 12.7. The van der Waals surface area contributed by atoms with Gasteiger partial charge in [0.1, 0.15) is 0 Å². The third kappa shape index (κ3) is 3.33. The molecular formula is C16H19N5O2.